The second-order valence-corrected chi connectivity index (χ2v) is 8.45. The van der Waals surface area contributed by atoms with Crippen LogP contribution >= 0.6 is 11.6 Å². The van der Waals surface area contributed by atoms with Crippen molar-refractivity contribution in [3.8, 4) is 0 Å². The zero-order valence-corrected chi connectivity index (χ0v) is 18.0. The highest BCUT2D eigenvalue weighted by molar-refractivity contribution is 6.30. The monoisotopic (exact) mass is 483 g/mol. The molecule has 2 fully saturated rings. The summed E-state index contributed by atoms with van der Waals surface area (Å²) in [5.74, 6) is -6.93. The summed E-state index contributed by atoms with van der Waals surface area (Å²) in [4.78, 5) is 36.3. The quantitative estimate of drug-likeness (QED) is 0.515. The Kier molecular flexibility index (Phi) is 6.04. The van der Waals surface area contributed by atoms with Crippen LogP contribution in [0.2, 0.25) is 5.02 Å². The third kappa shape index (κ3) is 4.27. The van der Waals surface area contributed by atoms with Crippen molar-refractivity contribution in [2.45, 2.75) is 37.8 Å². The lowest BCUT2D eigenvalue weighted by atomic mass is 9.86. The molecule has 3 atom stereocenters. The minimum absolute atomic E-state index is 0.0265. The highest BCUT2D eigenvalue weighted by atomic mass is 35.5. The summed E-state index contributed by atoms with van der Waals surface area (Å²) in [5, 5.41) is 4.47. The number of rotatable bonds is 4. The number of benzene rings is 2. The van der Waals surface area contributed by atoms with E-state index < -0.39 is 70.1 Å². The van der Waals surface area contributed by atoms with Gasteiger partial charge in [0.25, 0.3) is 0 Å². The Labute approximate surface area is 190 Å². The Bertz CT molecular complexity index is 1130. The van der Waals surface area contributed by atoms with Gasteiger partial charge in [-0.05, 0) is 30.7 Å². The highest BCUT2D eigenvalue weighted by Gasteiger charge is 2.44. The Balaban J connectivity index is 1.71. The van der Waals surface area contributed by atoms with E-state index in [0.29, 0.717) is 0 Å². The number of imide groups is 1. The molecule has 2 heterocycles. The van der Waals surface area contributed by atoms with Crippen LogP contribution in [0.25, 0.3) is 0 Å². The third-order valence-electron chi connectivity index (χ3n) is 5.82. The standard InChI is InChI=1S/C22H18ClF4N3O3/c1-9(31)28-17-8-30(21(17)20-13(24)4-10(23)5-14(20)25)11-6-15(26)19(16(27)7-11)12-2-3-18(32)29-22(12)33/h4-7,12,17,21H,2-3,8H2,1H3,(H,28,31)(H,29,32,33). The average molecular weight is 484 g/mol. The lowest BCUT2D eigenvalue weighted by Gasteiger charge is -2.50. The number of nitrogens with zero attached hydrogens (tertiary/aromatic N) is 1. The van der Waals surface area contributed by atoms with Gasteiger partial charge >= 0.3 is 0 Å². The van der Waals surface area contributed by atoms with E-state index >= 15 is 0 Å². The molecule has 0 aliphatic carbocycles. The Morgan fingerprint density at radius 1 is 1.03 bits per heavy atom. The lowest BCUT2D eigenvalue weighted by molar-refractivity contribution is -0.134. The third-order valence-corrected chi connectivity index (χ3v) is 6.04. The van der Waals surface area contributed by atoms with Crippen LogP contribution in [-0.2, 0) is 14.4 Å². The number of piperidine rings is 1. The molecule has 2 saturated heterocycles. The number of hydrogen-bond donors (Lipinski definition) is 2. The van der Waals surface area contributed by atoms with E-state index in [1.165, 1.54) is 11.8 Å². The van der Waals surface area contributed by atoms with Crippen LogP contribution in [0.4, 0.5) is 23.2 Å². The molecule has 6 nitrogen and oxygen atoms in total. The van der Waals surface area contributed by atoms with E-state index in [1.807, 2.05) is 0 Å². The van der Waals surface area contributed by atoms with Gasteiger partial charge in [0.2, 0.25) is 17.7 Å². The zero-order chi connectivity index (χ0) is 24.0. The molecule has 2 aromatic rings. The molecule has 33 heavy (non-hydrogen) atoms. The molecule has 0 bridgehead atoms. The van der Waals surface area contributed by atoms with E-state index in [-0.39, 0.29) is 30.1 Å². The Hall–Kier alpha value is -3.14. The van der Waals surface area contributed by atoms with Gasteiger partial charge in [0, 0.05) is 41.7 Å². The van der Waals surface area contributed by atoms with Gasteiger partial charge in [-0.2, -0.15) is 0 Å². The first-order chi connectivity index (χ1) is 15.6. The van der Waals surface area contributed by atoms with Gasteiger partial charge in [0.1, 0.15) is 23.3 Å². The summed E-state index contributed by atoms with van der Waals surface area (Å²) < 4.78 is 59.2. The lowest BCUT2D eigenvalue weighted by Crippen LogP contribution is -2.61. The molecule has 174 valence electrons. The molecule has 2 N–H and O–H groups in total. The maximum Gasteiger partial charge on any atom is 0.234 e. The molecule has 0 aromatic heterocycles. The van der Waals surface area contributed by atoms with Crippen molar-refractivity contribution in [3.63, 3.8) is 0 Å². The second-order valence-electron chi connectivity index (χ2n) is 8.01. The summed E-state index contributed by atoms with van der Waals surface area (Å²) in [6, 6.07) is 1.93. The van der Waals surface area contributed by atoms with E-state index in [0.717, 1.165) is 24.3 Å². The SMILES string of the molecule is CC(=O)NC1CN(c2cc(F)c(C3CCC(=O)NC3=O)c(F)c2)C1c1c(F)cc(Cl)cc1F. The summed E-state index contributed by atoms with van der Waals surface area (Å²) >= 11 is 5.70. The van der Waals surface area contributed by atoms with Crippen LogP contribution in [0.3, 0.4) is 0 Å². The predicted molar refractivity (Wildman–Crippen MR) is 111 cm³/mol. The molecule has 2 aliphatic rings. The first-order valence-electron chi connectivity index (χ1n) is 10.1. The molecule has 2 aromatic carbocycles. The smallest absolute Gasteiger partial charge is 0.234 e. The van der Waals surface area contributed by atoms with Gasteiger partial charge in [-0.15, -0.1) is 0 Å². The van der Waals surface area contributed by atoms with Crippen LogP contribution < -0.4 is 15.5 Å². The average Bonchev–Trinajstić information content (AvgIpc) is 2.68. The molecule has 0 saturated carbocycles. The molecule has 0 spiro atoms. The van der Waals surface area contributed by atoms with Crippen molar-refractivity contribution in [2.75, 3.05) is 11.4 Å². The molecular weight excluding hydrogens is 466 g/mol. The Morgan fingerprint density at radius 2 is 1.61 bits per heavy atom. The van der Waals surface area contributed by atoms with Crippen molar-refractivity contribution in [3.05, 3.63) is 63.7 Å². The van der Waals surface area contributed by atoms with E-state index in [4.69, 9.17) is 11.6 Å². The minimum Gasteiger partial charge on any atom is -0.360 e. The second kappa shape index (κ2) is 8.66. The van der Waals surface area contributed by atoms with Crippen molar-refractivity contribution < 1.29 is 31.9 Å². The van der Waals surface area contributed by atoms with Crippen LogP contribution in [0.1, 0.15) is 42.9 Å². The van der Waals surface area contributed by atoms with Crippen molar-refractivity contribution in [1.29, 1.82) is 0 Å². The van der Waals surface area contributed by atoms with Gasteiger partial charge in [0.05, 0.1) is 18.0 Å². The van der Waals surface area contributed by atoms with Crippen LogP contribution in [0.15, 0.2) is 24.3 Å². The van der Waals surface area contributed by atoms with Crippen molar-refractivity contribution >= 4 is 35.0 Å². The fourth-order valence-corrected chi connectivity index (χ4v) is 4.58. The fourth-order valence-electron chi connectivity index (χ4n) is 4.39. The van der Waals surface area contributed by atoms with Crippen LogP contribution in [0.5, 0.6) is 0 Å². The molecule has 3 unspecified atom stereocenters. The van der Waals surface area contributed by atoms with E-state index in [1.54, 1.807) is 0 Å². The number of carbonyl (C=O) groups is 3. The normalized spacial score (nSPS) is 22.6. The number of hydrogen-bond acceptors (Lipinski definition) is 4. The van der Waals surface area contributed by atoms with Gasteiger partial charge in [-0.1, -0.05) is 11.6 Å². The van der Waals surface area contributed by atoms with E-state index in [9.17, 15) is 31.9 Å². The van der Waals surface area contributed by atoms with Crippen LogP contribution in [-0.4, -0.2) is 30.3 Å². The molecule has 2 aliphatic heterocycles. The minimum atomic E-state index is -1.18. The van der Waals surface area contributed by atoms with E-state index in [2.05, 4.69) is 10.6 Å². The summed E-state index contributed by atoms with van der Waals surface area (Å²) in [7, 11) is 0. The number of anilines is 1. The summed E-state index contributed by atoms with van der Waals surface area (Å²) in [6.45, 7) is 1.27. The summed E-state index contributed by atoms with van der Waals surface area (Å²) in [6.07, 6.45) is -0.102. The predicted octanol–water partition coefficient (Wildman–Crippen LogP) is 3.48. The molecule has 11 heteroatoms. The first-order valence-corrected chi connectivity index (χ1v) is 10.5. The topological polar surface area (TPSA) is 78.5 Å². The van der Waals surface area contributed by atoms with Gasteiger partial charge in [0.15, 0.2) is 0 Å². The van der Waals surface area contributed by atoms with Gasteiger partial charge < -0.3 is 10.2 Å². The largest absolute Gasteiger partial charge is 0.360 e. The first kappa shape index (κ1) is 23.0. The van der Waals surface area contributed by atoms with Crippen LogP contribution in [0, 0.1) is 23.3 Å². The molecular formula is C22H18ClF4N3O3. The number of amides is 3. The number of carbonyl (C=O) groups excluding carboxylic acids is 3. The maximum absolute atomic E-state index is 15.0. The number of halogens is 5. The van der Waals surface area contributed by atoms with Crippen molar-refractivity contribution in [1.82, 2.24) is 10.6 Å². The number of nitrogens with one attached hydrogen (secondary N) is 2. The van der Waals surface area contributed by atoms with Gasteiger partial charge in [-0.3, -0.25) is 19.7 Å². The molecule has 0 radical (unpaired) electrons. The molecule has 4 rings (SSSR count). The van der Waals surface area contributed by atoms with Gasteiger partial charge in [-0.25, -0.2) is 17.6 Å². The maximum atomic E-state index is 15.0. The highest BCUT2D eigenvalue weighted by Crippen LogP contribution is 2.42. The fraction of sp³-hybridized carbons (Fsp3) is 0.318. The zero-order valence-electron chi connectivity index (χ0n) is 17.2. The van der Waals surface area contributed by atoms with Crippen molar-refractivity contribution in [2.24, 2.45) is 0 Å². The summed E-state index contributed by atoms with van der Waals surface area (Å²) in [5.41, 5.74) is -0.913. The Morgan fingerprint density at radius 3 is 2.15 bits per heavy atom. The molecule has 3 amide bonds.